The first-order chi connectivity index (χ1) is 35.1. The van der Waals surface area contributed by atoms with Crippen LogP contribution in [0.5, 0.6) is 0 Å². The van der Waals surface area contributed by atoms with Crippen molar-refractivity contribution in [3.63, 3.8) is 0 Å². The molecule has 2 fully saturated rings. The Hall–Kier alpha value is -2.31. The summed E-state index contributed by atoms with van der Waals surface area (Å²) in [5, 5.41) is 86.9. The predicted molar refractivity (Wildman–Crippen MR) is 286 cm³/mol. The van der Waals surface area contributed by atoms with Crippen LogP contribution in [0.4, 0.5) is 0 Å². The van der Waals surface area contributed by atoms with E-state index in [1.54, 1.807) is 6.08 Å². The van der Waals surface area contributed by atoms with E-state index in [-0.39, 0.29) is 18.9 Å². The highest BCUT2D eigenvalue weighted by atomic mass is 16.7. The molecule has 14 heteroatoms. The average molecular weight is 1020 g/mol. The van der Waals surface area contributed by atoms with Crippen LogP contribution in [0.15, 0.2) is 60.8 Å². The molecule has 2 heterocycles. The smallest absolute Gasteiger partial charge is 0.220 e. The number of carbonyl (C=O) groups excluding carboxylic acids is 1. The van der Waals surface area contributed by atoms with Gasteiger partial charge in [-0.25, -0.2) is 0 Å². The minimum absolute atomic E-state index is 0.256. The Bertz CT molecular complexity index is 1440. The Morgan fingerprint density at radius 2 is 0.931 bits per heavy atom. The molecule has 12 atom stereocenters. The Labute approximate surface area is 435 Å². The van der Waals surface area contributed by atoms with Crippen molar-refractivity contribution >= 4 is 5.91 Å². The fourth-order valence-electron chi connectivity index (χ4n) is 9.02. The minimum Gasteiger partial charge on any atom is -0.394 e. The Morgan fingerprint density at radius 3 is 1.46 bits per heavy atom. The van der Waals surface area contributed by atoms with Crippen LogP contribution in [0.25, 0.3) is 0 Å². The zero-order valence-electron chi connectivity index (χ0n) is 44.7. The van der Waals surface area contributed by atoms with Crippen LogP contribution in [0.1, 0.15) is 206 Å². The molecule has 72 heavy (non-hydrogen) atoms. The SMILES string of the molecule is CCCCCCC/C=C\C/C=C\C/C=C\CCCCCCCCCCCCC(=O)NC(COC1OC(CO)C(OC2OC(CO)C(O)C(O)C2O)C(O)C1O)C(O)/C=C/CC/C=C/CCCCCCCCC. The molecule has 0 aromatic heterocycles. The zero-order valence-corrected chi connectivity index (χ0v) is 44.7. The lowest BCUT2D eigenvalue weighted by atomic mass is 9.97. The molecule has 9 N–H and O–H groups in total. The lowest BCUT2D eigenvalue weighted by Gasteiger charge is -2.46. The van der Waals surface area contributed by atoms with Gasteiger partial charge in [0.05, 0.1) is 32.0 Å². The molecule has 2 aliphatic heterocycles. The third kappa shape index (κ3) is 29.7. The monoisotopic (exact) mass is 1020 g/mol. The quantitative estimate of drug-likeness (QED) is 0.0205. The molecule has 0 aromatic rings. The molecule has 1 amide bonds. The maximum Gasteiger partial charge on any atom is 0.220 e. The number of allylic oxidation sites excluding steroid dienone is 9. The summed E-state index contributed by atoms with van der Waals surface area (Å²) in [7, 11) is 0. The van der Waals surface area contributed by atoms with Gasteiger partial charge in [0.2, 0.25) is 5.91 Å². The largest absolute Gasteiger partial charge is 0.394 e. The average Bonchev–Trinajstić information content (AvgIpc) is 3.38. The maximum absolute atomic E-state index is 13.2. The van der Waals surface area contributed by atoms with Gasteiger partial charge in [-0.05, 0) is 70.6 Å². The van der Waals surface area contributed by atoms with Gasteiger partial charge < -0.3 is 65.1 Å². The van der Waals surface area contributed by atoms with Gasteiger partial charge in [-0.2, -0.15) is 0 Å². The molecule has 0 radical (unpaired) electrons. The molecule has 0 saturated carbocycles. The molecule has 2 saturated heterocycles. The van der Waals surface area contributed by atoms with E-state index in [2.05, 4.69) is 67.8 Å². The second kappa shape index (κ2) is 43.9. The zero-order chi connectivity index (χ0) is 52.4. The second-order valence-corrected chi connectivity index (χ2v) is 20.1. The van der Waals surface area contributed by atoms with Crippen molar-refractivity contribution in [2.75, 3.05) is 19.8 Å². The number of rotatable bonds is 44. The number of nitrogens with one attached hydrogen (secondary N) is 1. The highest BCUT2D eigenvalue weighted by molar-refractivity contribution is 5.76. The molecule has 0 aliphatic carbocycles. The predicted octanol–water partition coefficient (Wildman–Crippen LogP) is 9.00. The number of hydrogen-bond acceptors (Lipinski definition) is 13. The summed E-state index contributed by atoms with van der Waals surface area (Å²) < 4.78 is 22.7. The maximum atomic E-state index is 13.2. The summed E-state index contributed by atoms with van der Waals surface area (Å²) in [5.41, 5.74) is 0. The molecule has 14 nitrogen and oxygen atoms in total. The van der Waals surface area contributed by atoms with E-state index >= 15 is 0 Å². The normalized spacial score (nSPS) is 26.0. The van der Waals surface area contributed by atoms with Crippen molar-refractivity contribution in [2.45, 2.75) is 280 Å². The van der Waals surface area contributed by atoms with Gasteiger partial charge in [0.25, 0.3) is 0 Å². The minimum atomic E-state index is -1.79. The Balaban J connectivity index is 1.76. The van der Waals surface area contributed by atoms with Crippen LogP contribution in [0.2, 0.25) is 0 Å². The number of aliphatic hydroxyl groups excluding tert-OH is 8. The van der Waals surface area contributed by atoms with Crippen LogP contribution in [-0.4, -0.2) is 140 Å². The first-order valence-corrected chi connectivity index (χ1v) is 28.5. The summed E-state index contributed by atoms with van der Waals surface area (Å²) >= 11 is 0. The van der Waals surface area contributed by atoms with Crippen molar-refractivity contribution in [2.24, 2.45) is 0 Å². The number of unbranched alkanes of at least 4 members (excludes halogenated alkanes) is 23. The van der Waals surface area contributed by atoms with Crippen LogP contribution in [0.3, 0.4) is 0 Å². The van der Waals surface area contributed by atoms with Crippen molar-refractivity contribution < 1.29 is 64.6 Å². The highest BCUT2D eigenvalue weighted by Crippen LogP contribution is 2.30. The third-order valence-corrected chi connectivity index (χ3v) is 13.7. The second-order valence-electron chi connectivity index (χ2n) is 20.1. The van der Waals surface area contributed by atoms with E-state index in [4.69, 9.17) is 18.9 Å². The van der Waals surface area contributed by atoms with Gasteiger partial charge in [-0.1, -0.05) is 190 Å². The molecular weight excluding hydrogens is 919 g/mol. The lowest BCUT2D eigenvalue weighted by molar-refractivity contribution is -0.359. The van der Waals surface area contributed by atoms with Gasteiger partial charge in [0.15, 0.2) is 12.6 Å². The summed E-state index contributed by atoms with van der Waals surface area (Å²) in [6.45, 7) is 2.74. The summed E-state index contributed by atoms with van der Waals surface area (Å²) in [5.74, 6) is -0.256. The molecule has 0 aromatic carbocycles. The fourth-order valence-corrected chi connectivity index (χ4v) is 9.02. The first-order valence-electron chi connectivity index (χ1n) is 28.5. The van der Waals surface area contributed by atoms with E-state index in [9.17, 15) is 45.6 Å². The van der Waals surface area contributed by atoms with E-state index < -0.39 is 86.8 Å². The first kappa shape index (κ1) is 65.8. The number of carbonyl (C=O) groups is 1. The summed E-state index contributed by atoms with van der Waals surface area (Å²) in [6, 6.07) is -0.935. The summed E-state index contributed by atoms with van der Waals surface area (Å²) in [6.07, 6.45) is 38.3. The number of ether oxygens (including phenoxy) is 4. The van der Waals surface area contributed by atoms with Crippen LogP contribution in [0, 0.1) is 0 Å². The van der Waals surface area contributed by atoms with Crippen LogP contribution in [-0.2, 0) is 23.7 Å². The molecule has 2 aliphatic rings. The Kier molecular flexibility index (Phi) is 40.1. The van der Waals surface area contributed by atoms with E-state index in [1.165, 1.54) is 122 Å². The number of hydrogen-bond donors (Lipinski definition) is 9. The number of aliphatic hydroxyl groups is 8. The number of amides is 1. The topological polar surface area (TPSA) is 228 Å². The summed E-state index contributed by atoms with van der Waals surface area (Å²) in [4.78, 5) is 13.2. The molecule has 0 bridgehead atoms. The highest BCUT2D eigenvalue weighted by Gasteiger charge is 2.51. The van der Waals surface area contributed by atoms with Crippen LogP contribution >= 0.6 is 0 Å². The van der Waals surface area contributed by atoms with E-state index in [0.29, 0.717) is 12.8 Å². The van der Waals surface area contributed by atoms with Gasteiger partial charge in [0, 0.05) is 6.42 Å². The van der Waals surface area contributed by atoms with Crippen molar-refractivity contribution in [3.05, 3.63) is 60.8 Å². The van der Waals surface area contributed by atoms with E-state index in [0.717, 1.165) is 51.4 Å². The molecule has 418 valence electrons. The van der Waals surface area contributed by atoms with Crippen LogP contribution < -0.4 is 5.32 Å². The standard InChI is InChI=1S/C58H103NO13/c1-3-5-7-9-11-13-15-17-18-19-20-21-22-23-24-25-26-27-28-30-32-34-36-38-40-42-50(63)59-46(47(62)41-39-37-35-33-31-29-16-14-12-10-8-6-4-2)45-69-57-55(68)53(66)56(49(44-61)71-57)72-58-54(67)52(65)51(64)48(43-60)70-58/h15,17,19-20,22-23,31,33,39,41,46-49,51-58,60-62,64-68H,3-14,16,18,21,24-30,32,34-38,40,42-45H2,1-2H3,(H,59,63)/b17-15-,20-19-,23-22-,33-31+,41-39+. The van der Waals surface area contributed by atoms with E-state index in [1.807, 2.05) is 6.08 Å². The Morgan fingerprint density at radius 1 is 0.500 bits per heavy atom. The van der Waals surface area contributed by atoms with Crippen molar-refractivity contribution in [1.29, 1.82) is 0 Å². The van der Waals surface area contributed by atoms with Crippen molar-refractivity contribution in [3.8, 4) is 0 Å². The van der Waals surface area contributed by atoms with Crippen molar-refractivity contribution in [1.82, 2.24) is 5.32 Å². The third-order valence-electron chi connectivity index (χ3n) is 13.7. The van der Waals surface area contributed by atoms with Gasteiger partial charge in [0.1, 0.15) is 48.8 Å². The molecule has 0 spiro atoms. The fraction of sp³-hybridized carbons (Fsp3) is 0.810. The molecular formula is C58H103NO13. The molecule has 12 unspecified atom stereocenters. The van der Waals surface area contributed by atoms with Gasteiger partial charge >= 0.3 is 0 Å². The van der Waals surface area contributed by atoms with Gasteiger partial charge in [-0.3, -0.25) is 4.79 Å². The lowest BCUT2D eigenvalue weighted by Crippen LogP contribution is -2.65. The van der Waals surface area contributed by atoms with Gasteiger partial charge in [-0.15, -0.1) is 0 Å². The molecule has 2 rings (SSSR count).